The van der Waals surface area contributed by atoms with Crippen molar-refractivity contribution < 1.29 is 13.2 Å². The van der Waals surface area contributed by atoms with Gasteiger partial charge in [-0.2, -0.15) is 0 Å². The second-order valence-corrected chi connectivity index (χ2v) is 5.99. The van der Waals surface area contributed by atoms with Crippen LogP contribution in [-0.4, -0.2) is 22.1 Å². The van der Waals surface area contributed by atoms with Gasteiger partial charge in [0.05, 0.1) is 7.11 Å². The van der Waals surface area contributed by atoms with E-state index in [1.807, 2.05) is 13.0 Å². The summed E-state index contributed by atoms with van der Waals surface area (Å²) in [4.78, 5) is 0.210. The van der Waals surface area contributed by atoms with Gasteiger partial charge in [-0.25, -0.2) is 13.1 Å². The normalized spacial score (nSPS) is 11.5. The van der Waals surface area contributed by atoms with E-state index in [1.54, 1.807) is 12.1 Å². The average molecular weight is 271 g/mol. The van der Waals surface area contributed by atoms with E-state index in [0.29, 0.717) is 12.3 Å². The first-order chi connectivity index (χ1) is 8.51. The van der Waals surface area contributed by atoms with Crippen LogP contribution >= 0.6 is 0 Å². The maximum atomic E-state index is 12.1. The van der Waals surface area contributed by atoms with Gasteiger partial charge in [0.2, 0.25) is 10.0 Å². The SMILES string of the molecule is CCCCCNS(=O)(=O)c1cc(C)ccc1OC. The van der Waals surface area contributed by atoms with Crippen LogP contribution in [0.5, 0.6) is 5.75 Å². The van der Waals surface area contributed by atoms with Gasteiger partial charge >= 0.3 is 0 Å². The first-order valence-corrected chi connectivity index (χ1v) is 7.64. The van der Waals surface area contributed by atoms with Crippen molar-refractivity contribution in [1.29, 1.82) is 0 Å². The summed E-state index contributed by atoms with van der Waals surface area (Å²) in [5.74, 6) is 0.378. The molecular weight excluding hydrogens is 250 g/mol. The number of unbranched alkanes of at least 4 members (excludes halogenated alkanes) is 2. The summed E-state index contributed by atoms with van der Waals surface area (Å²) in [7, 11) is -2.01. The van der Waals surface area contributed by atoms with Crippen molar-refractivity contribution in [3.63, 3.8) is 0 Å². The summed E-state index contributed by atoms with van der Waals surface area (Å²) < 4.78 is 32.0. The number of benzene rings is 1. The van der Waals surface area contributed by atoms with Gasteiger partial charge in [-0.15, -0.1) is 0 Å². The molecule has 5 heteroatoms. The molecule has 0 spiro atoms. The van der Waals surface area contributed by atoms with E-state index in [4.69, 9.17) is 4.74 Å². The third-order valence-corrected chi connectivity index (χ3v) is 4.16. The fourth-order valence-corrected chi connectivity index (χ4v) is 2.98. The van der Waals surface area contributed by atoms with E-state index in [9.17, 15) is 8.42 Å². The molecule has 0 aliphatic rings. The molecule has 0 amide bonds. The molecule has 1 rings (SSSR count). The smallest absolute Gasteiger partial charge is 0.244 e. The third kappa shape index (κ3) is 3.99. The Labute approximate surface area is 109 Å². The molecule has 102 valence electrons. The average Bonchev–Trinajstić information content (AvgIpc) is 2.35. The maximum absolute atomic E-state index is 12.1. The van der Waals surface area contributed by atoms with Gasteiger partial charge in [-0.05, 0) is 31.0 Å². The topological polar surface area (TPSA) is 55.4 Å². The Morgan fingerprint density at radius 3 is 2.61 bits per heavy atom. The molecule has 0 aliphatic heterocycles. The highest BCUT2D eigenvalue weighted by molar-refractivity contribution is 7.89. The second kappa shape index (κ2) is 6.75. The zero-order valence-corrected chi connectivity index (χ0v) is 12.0. The second-order valence-electron chi connectivity index (χ2n) is 4.26. The minimum atomic E-state index is -3.48. The number of rotatable bonds is 7. The lowest BCUT2D eigenvalue weighted by Gasteiger charge is -2.11. The van der Waals surface area contributed by atoms with Crippen molar-refractivity contribution in [2.24, 2.45) is 0 Å². The number of hydrogen-bond donors (Lipinski definition) is 1. The number of ether oxygens (including phenoxy) is 1. The summed E-state index contributed by atoms with van der Waals surface area (Å²) >= 11 is 0. The summed E-state index contributed by atoms with van der Waals surface area (Å²) in [6.45, 7) is 4.40. The van der Waals surface area contributed by atoms with E-state index in [-0.39, 0.29) is 4.90 Å². The summed E-state index contributed by atoms with van der Waals surface area (Å²) in [6.07, 6.45) is 2.94. The molecule has 0 atom stereocenters. The van der Waals surface area contributed by atoms with Crippen molar-refractivity contribution >= 4 is 10.0 Å². The molecule has 0 bridgehead atoms. The van der Waals surface area contributed by atoms with Gasteiger partial charge in [-0.3, -0.25) is 0 Å². The van der Waals surface area contributed by atoms with Crippen LogP contribution in [0.2, 0.25) is 0 Å². The van der Waals surface area contributed by atoms with E-state index in [0.717, 1.165) is 24.8 Å². The maximum Gasteiger partial charge on any atom is 0.244 e. The molecule has 4 nitrogen and oxygen atoms in total. The molecule has 0 saturated carbocycles. The van der Waals surface area contributed by atoms with Crippen LogP contribution < -0.4 is 9.46 Å². The molecule has 0 saturated heterocycles. The van der Waals surface area contributed by atoms with Crippen molar-refractivity contribution in [2.45, 2.75) is 38.0 Å². The van der Waals surface area contributed by atoms with E-state index >= 15 is 0 Å². The molecular formula is C13H21NO3S. The Morgan fingerprint density at radius 1 is 1.28 bits per heavy atom. The van der Waals surface area contributed by atoms with E-state index in [1.165, 1.54) is 7.11 Å². The first kappa shape index (κ1) is 15.0. The number of aryl methyl sites for hydroxylation is 1. The highest BCUT2D eigenvalue weighted by Gasteiger charge is 2.18. The molecule has 0 aliphatic carbocycles. The number of nitrogens with one attached hydrogen (secondary N) is 1. The van der Waals surface area contributed by atoms with Crippen molar-refractivity contribution in [3.05, 3.63) is 23.8 Å². The predicted molar refractivity (Wildman–Crippen MR) is 72.4 cm³/mol. The van der Waals surface area contributed by atoms with Crippen LogP contribution in [0.1, 0.15) is 31.7 Å². The molecule has 0 unspecified atom stereocenters. The molecule has 1 aromatic rings. The molecule has 0 aromatic heterocycles. The van der Waals surface area contributed by atoms with Crippen LogP contribution in [0.3, 0.4) is 0 Å². The van der Waals surface area contributed by atoms with Gasteiger partial charge in [0.15, 0.2) is 0 Å². The standard InChI is InChI=1S/C13H21NO3S/c1-4-5-6-9-14-18(15,16)13-10-11(2)7-8-12(13)17-3/h7-8,10,14H,4-6,9H2,1-3H3. The Bertz CT molecular complexity index is 483. The quantitative estimate of drug-likeness (QED) is 0.775. The van der Waals surface area contributed by atoms with Crippen LogP contribution in [0.4, 0.5) is 0 Å². The fourth-order valence-electron chi connectivity index (χ4n) is 1.65. The number of sulfonamides is 1. The summed E-state index contributed by atoms with van der Waals surface area (Å²) in [5, 5.41) is 0. The molecule has 0 fully saturated rings. The van der Waals surface area contributed by atoms with Crippen LogP contribution in [0.25, 0.3) is 0 Å². The highest BCUT2D eigenvalue weighted by Crippen LogP contribution is 2.24. The Morgan fingerprint density at radius 2 is 2.00 bits per heavy atom. The summed E-state index contributed by atoms with van der Waals surface area (Å²) in [5.41, 5.74) is 0.893. The lowest BCUT2D eigenvalue weighted by molar-refractivity contribution is 0.402. The van der Waals surface area contributed by atoms with Gasteiger partial charge < -0.3 is 4.74 Å². The van der Waals surface area contributed by atoms with E-state index < -0.39 is 10.0 Å². The molecule has 0 radical (unpaired) electrons. The summed E-state index contributed by atoms with van der Waals surface area (Å²) in [6, 6.07) is 5.13. The van der Waals surface area contributed by atoms with Crippen molar-refractivity contribution in [1.82, 2.24) is 4.72 Å². The molecule has 1 aromatic carbocycles. The lowest BCUT2D eigenvalue weighted by Crippen LogP contribution is -2.25. The Balaban J connectivity index is 2.87. The largest absolute Gasteiger partial charge is 0.495 e. The van der Waals surface area contributed by atoms with Gasteiger partial charge in [-0.1, -0.05) is 25.8 Å². The van der Waals surface area contributed by atoms with Crippen molar-refractivity contribution in [2.75, 3.05) is 13.7 Å². The Hall–Kier alpha value is -1.07. The van der Waals surface area contributed by atoms with E-state index in [2.05, 4.69) is 11.6 Å². The number of methoxy groups -OCH3 is 1. The fraction of sp³-hybridized carbons (Fsp3) is 0.538. The molecule has 18 heavy (non-hydrogen) atoms. The lowest BCUT2D eigenvalue weighted by atomic mass is 10.2. The zero-order valence-electron chi connectivity index (χ0n) is 11.2. The first-order valence-electron chi connectivity index (χ1n) is 6.15. The van der Waals surface area contributed by atoms with Crippen LogP contribution in [-0.2, 0) is 10.0 Å². The molecule has 0 heterocycles. The van der Waals surface area contributed by atoms with Gasteiger partial charge in [0, 0.05) is 6.54 Å². The Kier molecular flexibility index (Phi) is 5.62. The van der Waals surface area contributed by atoms with Crippen LogP contribution in [0.15, 0.2) is 23.1 Å². The highest BCUT2D eigenvalue weighted by atomic mass is 32.2. The molecule has 1 N–H and O–H groups in total. The van der Waals surface area contributed by atoms with Crippen molar-refractivity contribution in [3.8, 4) is 5.75 Å². The van der Waals surface area contributed by atoms with Crippen LogP contribution in [0, 0.1) is 6.92 Å². The predicted octanol–water partition coefficient (Wildman–Crippen LogP) is 2.47. The number of hydrogen-bond acceptors (Lipinski definition) is 3. The van der Waals surface area contributed by atoms with Gasteiger partial charge in [0.25, 0.3) is 0 Å². The monoisotopic (exact) mass is 271 g/mol. The minimum Gasteiger partial charge on any atom is -0.495 e. The van der Waals surface area contributed by atoms with Gasteiger partial charge in [0.1, 0.15) is 10.6 Å². The zero-order chi connectivity index (χ0) is 13.6. The third-order valence-electron chi connectivity index (χ3n) is 2.68. The minimum absolute atomic E-state index is 0.210.